The van der Waals surface area contributed by atoms with Crippen LogP contribution in [0.3, 0.4) is 0 Å². The average molecular weight is 204 g/mol. The summed E-state index contributed by atoms with van der Waals surface area (Å²) in [5.74, 6) is 3.20. The summed E-state index contributed by atoms with van der Waals surface area (Å²) in [6.45, 7) is 9.49. The van der Waals surface area contributed by atoms with E-state index in [0.29, 0.717) is 0 Å². The molecule has 15 heavy (non-hydrogen) atoms. The summed E-state index contributed by atoms with van der Waals surface area (Å²) in [6.07, 6.45) is 9.11. The molecule has 0 N–H and O–H groups in total. The number of allylic oxidation sites excluding steroid dienone is 4. The van der Waals surface area contributed by atoms with Crippen molar-refractivity contribution in [3.63, 3.8) is 0 Å². The number of hydrogen-bond acceptors (Lipinski definition) is 0. The SMILES string of the molecule is CC1C=C2C(=CC1)[C@H](C)CC[C@H]2C(C)C. The quantitative estimate of drug-likeness (QED) is 0.586. The molecule has 1 saturated carbocycles. The molecule has 0 heteroatoms. The predicted octanol–water partition coefficient (Wildman–Crippen LogP) is 4.58. The van der Waals surface area contributed by atoms with E-state index in [9.17, 15) is 0 Å². The van der Waals surface area contributed by atoms with Gasteiger partial charge in [0.25, 0.3) is 0 Å². The molecule has 0 amide bonds. The van der Waals surface area contributed by atoms with Gasteiger partial charge in [-0.1, -0.05) is 39.8 Å². The van der Waals surface area contributed by atoms with Crippen LogP contribution in [0.25, 0.3) is 0 Å². The van der Waals surface area contributed by atoms with Crippen LogP contribution in [0.2, 0.25) is 0 Å². The smallest absolute Gasteiger partial charge is 0.0139 e. The second-order valence-electron chi connectivity index (χ2n) is 5.82. The second kappa shape index (κ2) is 4.15. The van der Waals surface area contributed by atoms with Crippen molar-refractivity contribution in [2.45, 2.75) is 47.0 Å². The van der Waals surface area contributed by atoms with Gasteiger partial charge >= 0.3 is 0 Å². The first-order valence-corrected chi connectivity index (χ1v) is 6.51. The molecule has 0 aromatic rings. The molecule has 0 spiro atoms. The lowest BCUT2D eigenvalue weighted by atomic mass is 9.68. The standard InChI is InChI=1S/C15H24/c1-10(2)13-8-6-12(4)14-7-5-11(3)9-15(13)14/h7,9-13H,5-6,8H2,1-4H3/t11?,12-,13+/m1/s1. The van der Waals surface area contributed by atoms with E-state index in [1.165, 1.54) is 19.3 Å². The maximum Gasteiger partial charge on any atom is -0.0139 e. The van der Waals surface area contributed by atoms with Gasteiger partial charge in [0.1, 0.15) is 0 Å². The van der Waals surface area contributed by atoms with Gasteiger partial charge < -0.3 is 0 Å². The first-order valence-electron chi connectivity index (χ1n) is 6.51. The Morgan fingerprint density at radius 3 is 2.53 bits per heavy atom. The molecule has 84 valence electrons. The van der Waals surface area contributed by atoms with Gasteiger partial charge in [-0.15, -0.1) is 0 Å². The Balaban J connectivity index is 2.30. The van der Waals surface area contributed by atoms with Gasteiger partial charge in [0.05, 0.1) is 0 Å². The molecule has 0 aliphatic heterocycles. The van der Waals surface area contributed by atoms with Gasteiger partial charge in [-0.05, 0) is 54.1 Å². The van der Waals surface area contributed by atoms with E-state index in [4.69, 9.17) is 0 Å². The monoisotopic (exact) mass is 204 g/mol. The van der Waals surface area contributed by atoms with Crippen LogP contribution >= 0.6 is 0 Å². The van der Waals surface area contributed by atoms with Crippen molar-refractivity contribution in [1.82, 2.24) is 0 Å². The molecule has 0 bridgehead atoms. The van der Waals surface area contributed by atoms with E-state index >= 15 is 0 Å². The number of fused-ring (bicyclic) bond motifs is 1. The minimum atomic E-state index is 0.760. The van der Waals surface area contributed by atoms with Crippen molar-refractivity contribution in [3.8, 4) is 0 Å². The van der Waals surface area contributed by atoms with Crippen molar-refractivity contribution in [3.05, 3.63) is 23.3 Å². The number of rotatable bonds is 1. The molecular formula is C15H24. The Bertz CT molecular complexity index is 293. The Labute approximate surface area is 94.5 Å². The number of hydrogen-bond donors (Lipinski definition) is 0. The molecule has 0 radical (unpaired) electrons. The summed E-state index contributed by atoms with van der Waals surface area (Å²) < 4.78 is 0. The molecule has 2 aliphatic rings. The molecule has 3 atom stereocenters. The zero-order valence-electron chi connectivity index (χ0n) is 10.6. The van der Waals surface area contributed by atoms with Crippen molar-refractivity contribution < 1.29 is 0 Å². The van der Waals surface area contributed by atoms with Crippen LogP contribution < -0.4 is 0 Å². The fraction of sp³-hybridized carbons (Fsp3) is 0.733. The first-order chi connectivity index (χ1) is 7.09. The Hall–Kier alpha value is -0.520. The van der Waals surface area contributed by atoms with Crippen LogP contribution in [0.1, 0.15) is 47.0 Å². The molecule has 0 saturated heterocycles. The molecule has 0 aromatic heterocycles. The van der Waals surface area contributed by atoms with Crippen LogP contribution in [0.4, 0.5) is 0 Å². The van der Waals surface area contributed by atoms with Crippen molar-refractivity contribution in [1.29, 1.82) is 0 Å². The maximum atomic E-state index is 2.55. The fourth-order valence-electron chi connectivity index (χ4n) is 3.16. The first kappa shape index (κ1) is 11.0. The lowest BCUT2D eigenvalue weighted by Gasteiger charge is -2.37. The topological polar surface area (TPSA) is 0 Å². The summed E-state index contributed by atoms with van der Waals surface area (Å²) in [6, 6.07) is 0. The van der Waals surface area contributed by atoms with Gasteiger partial charge in [-0.2, -0.15) is 0 Å². The molecule has 0 nitrogen and oxygen atoms in total. The third-order valence-corrected chi connectivity index (χ3v) is 4.15. The predicted molar refractivity (Wildman–Crippen MR) is 66.7 cm³/mol. The zero-order valence-corrected chi connectivity index (χ0v) is 10.6. The fourth-order valence-corrected chi connectivity index (χ4v) is 3.16. The van der Waals surface area contributed by atoms with Crippen LogP contribution in [0.5, 0.6) is 0 Å². The van der Waals surface area contributed by atoms with Crippen LogP contribution in [0.15, 0.2) is 23.3 Å². The summed E-state index contributed by atoms with van der Waals surface area (Å²) in [4.78, 5) is 0. The Morgan fingerprint density at radius 1 is 1.13 bits per heavy atom. The van der Waals surface area contributed by atoms with E-state index in [1.54, 1.807) is 11.1 Å². The van der Waals surface area contributed by atoms with E-state index in [-0.39, 0.29) is 0 Å². The van der Waals surface area contributed by atoms with E-state index < -0.39 is 0 Å². The lowest BCUT2D eigenvalue weighted by molar-refractivity contribution is 0.344. The molecular weight excluding hydrogens is 180 g/mol. The minimum Gasteiger partial charge on any atom is -0.0802 e. The Morgan fingerprint density at radius 2 is 1.87 bits per heavy atom. The third-order valence-electron chi connectivity index (χ3n) is 4.15. The molecule has 1 fully saturated rings. The summed E-state index contributed by atoms with van der Waals surface area (Å²) in [7, 11) is 0. The molecule has 2 aliphatic carbocycles. The third kappa shape index (κ3) is 2.04. The zero-order chi connectivity index (χ0) is 11.0. The molecule has 0 heterocycles. The van der Waals surface area contributed by atoms with Gasteiger partial charge in [-0.25, -0.2) is 0 Å². The lowest BCUT2D eigenvalue weighted by Crippen LogP contribution is -2.24. The highest BCUT2D eigenvalue weighted by molar-refractivity contribution is 5.40. The Kier molecular flexibility index (Phi) is 3.04. The average Bonchev–Trinajstić information content (AvgIpc) is 2.17. The maximum absolute atomic E-state index is 2.55. The van der Waals surface area contributed by atoms with Gasteiger partial charge in [-0.3, -0.25) is 0 Å². The second-order valence-corrected chi connectivity index (χ2v) is 5.82. The van der Waals surface area contributed by atoms with E-state index in [0.717, 1.165) is 23.7 Å². The highest BCUT2D eigenvalue weighted by Gasteiger charge is 2.30. The molecule has 0 aromatic carbocycles. The normalized spacial score (nSPS) is 35.9. The van der Waals surface area contributed by atoms with E-state index in [2.05, 4.69) is 39.8 Å². The highest BCUT2D eigenvalue weighted by Crippen LogP contribution is 2.44. The van der Waals surface area contributed by atoms with Crippen molar-refractivity contribution >= 4 is 0 Å². The van der Waals surface area contributed by atoms with Crippen LogP contribution in [-0.4, -0.2) is 0 Å². The summed E-state index contributed by atoms with van der Waals surface area (Å²) in [5, 5.41) is 0. The van der Waals surface area contributed by atoms with Crippen molar-refractivity contribution in [2.75, 3.05) is 0 Å². The highest BCUT2D eigenvalue weighted by atomic mass is 14.4. The summed E-state index contributed by atoms with van der Waals surface area (Å²) in [5.41, 5.74) is 3.38. The minimum absolute atomic E-state index is 0.760. The van der Waals surface area contributed by atoms with Crippen LogP contribution in [0, 0.1) is 23.7 Å². The van der Waals surface area contributed by atoms with Crippen LogP contribution in [-0.2, 0) is 0 Å². The van der Waals surface area contributed by atoms with Crippen molar-refractivity contribution in [2.24, 2.45) is 23.7 Å². The van der Waals surface area contributed by atoms with Gasteiger partial charge in [0.15, 0.2) is 0 Å². The van der Waals surface area contributed by atoms with Gasteiger partial charge in [0.2, 0.25) is 0 Å². The summed E-state index contributed by atoms with van der Waals surface area (Å²) >= 11 is 0. The van der Waals surface area contributed by atoms with Gasteiger partial charge in [0, 0.05) is 0 Å². The molecule has 1 unspecified atom stereocenters. The van der Waals surface area contributed by atoms with E-state index in [1.807, 2.05) is 0 Å². The molecule has 2 rings (SSSR count). The largest absolute Gasteiger partial charge is 0.0802 e.